The molecule has 5 heteroatoms. The summed E-state index contributed by atoms with van der Waals surface area (Å²) in [5, 5.41) is 4.37. The summed E-state index contributed by atoms with van der Waals surface area (Å²) in [6.07, 6.45) is 6.06. The Bertz CT molecular complexity index is 915. The number of fused-ring (bicyclic) bond motifs is 1. The number of hydrogen-bond acceptors (Lipinski definition) is 1. The molecule has 4 rings (SSSR count). The van der Waals surface area contributed by atoms with Crippen LogP contribution in [0.25, 0.3) is 10.9 Å². The van der Waals surface area contributed by atoms with Gasteiger partial charge in [0.05, 0.1) is 0 Å². The van der Waals surface area contributed by atoms with Crippen LogP contribution in [-0.4, -0.2) is 33.6 Å². The van der Waals surface area contributed by atoms with E-state index >= 15 is 0 Å². The highest BCUT2D eigenvalue weighted by Crippen LogP contribution is 2.35. The maximum Gasteiger partial charge on any atom is 0.317 e. The highest BCUT2D eigenvalue weighted by atomic mass is 16.2. The molecule has 1 aliphatic heterocycles. The fourth-order valence-electron chi connectivity index (χ4n) is 4.15. The van der Waals surface area contributed by atoms with Crippen molar-refractivity contribution in [2.45, 2.75) is 32.2 Å². The van der Waals surface area contributed by atoms with Gasteiger partial charge in [-0.25, -0.2) is 4.79 Å². The van der Waals surface area contributed by atoms with E-state index in [0.29, 0.717) is 12.5 Å². The number of amides is 2. The van der Waals surface area contributed by atoms with Crippen molar-refractivity contribution >= 4 is 16.9 Å². The molecule has 3 aromatic rings. The number of aromatic nitrogens is 2. The van der Waals surface area contributed by atoms with Crippen LogP contribution in [0.2, 0.25) is 0 Å². The maximum atomic E-state index is 12.5. The van der Waals surface area contributed by atoms with Crippen molar-refractivity contribution in [1.82, 2.24) is 19.8 Å². The summed E-state index contributed by atoms with van der Waals surface area (Å²) in [7, 11) is 1.99. The van der Waals surface area contributed by atoms with E-state index in [-0.39, 0.29) is 6.03 Å². The molecule has 2 amide bonds. The lowest BCUT2D eigenvalue weighted by atomic mass is 9.87. The van der Waals surface area contributed by atoms with Crippen molar-refractivity contribution in [1.29, 1.82) is 0 Å². The third kappa shape index (κ3) is 3.21. The van der Waals surface area contributed by atoms with Crippen LogP contribution in [-0.2, 0) is 13.6 Å². The first kappa shape index (κ1) is 16.8. The molecule has 0 aliphatic carbocycles. The first-order chi connectivity index (χ1) is 12.6. The van der Waals surface area contributed by atoms with Crippen molar-refractivity contribution in [3.8, 4) is 0 Å². The van der Waals surface area contributed by atoms with Crippen LogP contribution < -0.4 is 5.32 Å². The van der Waals surface area contributed by atoms with Gasteiger partial charge in [-0.1, -0.05) is 18.2 Å². The Morgan fingerprint density at radius 3 is 2.73 bits per heavy atom. The lowest BCUT2D eigenvalue weighted by Gasteiger charge is -2.32. The van der Waals surface area contributed by atoms with Gasteiger partial charge in [-0.3, -0.25) is 0 Å². The number of aryl methyl sites for hydroxylation is 2. The molecule has 1 fully saturated rings. The first-order valence-electron chi connectivity index (χ1n) is 9.32. The average molecular weight is 350 g/mol. The number of nitrogens with zero attached hydrogens (tertiary/aromatic N) is 2. The monoisotopic (exact) mass is 350 g/mol. The zero-order chi connectivity index (χ0) is 18.1. The molecule has 1 aliphatic rings. The van der Waals surface area contributed by atoms with E-state index in [0.717, 1.165) is 31.5 Å². The summed E-state index contributed by atoms with van der Waals surface area (Å²) >= 11 is 0. The normalized spacial score (nSPS) is 15.5. The number of likely N-dealkylation sites (tertiary alicyclic amines) is 1. The van der Waals surface area contributed by atoms with Crippen LogP contribution in [0.5, 0.6) is 0 Å². The summed E-state index contributed by atoms with van der Waals surface area (Å²) in [4.78, 5) is 17.9. The number of hydrogen-bond donors (Lipinski definition) is 2. The second-order valence-electron chi connectivity index (χ2n) is 7.31. The number of urea groups is 1. The van der Waals surface area contributed by atoms with Gasteiger partial charge in [0.15, 0.2) is 0 Å². The lowest BCUT2D eigenvalue weighted by molar-refractivity contribution is 0.181. The van der Waals surface area contributed by atoms with E-state index in [1.165, 1.54) is 22.2 Å². The SMILES string of the molecule is Cc1[nH]c2ccccc2c1C1CCN(C(=O)NCc2ccn(C)c2)CC1. The smallest absolute Gasteiger partial charge is 0.317 e. The number of carbonyl (C=O) groups is 1. The molecule has 0 spiro atoms. The molecule has 2 N–H and O–H groups in total. The minimum atomic E-state index is 0.0444. The number of H-pyrrole nitrogens is 1. The Labute approximate surface area is 154 Å². The van der Waals surface area contributed by atoms with Crippen LogP contribution in [0.4, 0.5) is 4.79 Å². The highest BCUT2D eigenvalue weighted by molar-refractivity contribution is 5.85. The number of para-hydroxylation sites is 1. The number of aromatic amines is 1. The van der Waals surface area contributed by atoms with Gasteiger partial charge in [0.25, 0.3) is 0 Å². The van der Waals surface area contributed by atoms with Crippen LogP contribution in [0.3, 0.4) is 0 Å². The van der Waals surface area contributed by atoms with Crippen LogP contribution in [0.1, 0.15) is 35.6 Å². The Kier molecular flexibility index (Phi) is 4.45. The Morgan fingerprint density at radius 2 is 2.00 bits per heavy atom. The lowest BCUT2D eigenvalue weighted by Crippen LogP contribution is -2.43. The zero-order valence-corrected chi connectivity index (χ0v) is 15.5. The minimum Gasteiger partial charge on any atom is -0.358 e. The molecule has 0 radical (unpaired) electrons. The Morgan fingerprint density at radius 1 is 1.23 bits per heavy atom. The predicted molar refractivity (Wildman–Crippen MR) is 104 cm³/mol. The van der Waals surface area contributed by atoms with Gasteiger partial charge < -0.3 is 19.8 Å². The van der Waals surface area contributed by atoms with Crippen LogP contribution >= 0.6 is 0 Å². The Hall–Kier alpha value is -2.69. The summed E-state index contributed by atoms with van der Waals surface area (Å²) < 4.78 is 2.00. The molecule has 0 atom stereocenters. The van der Waals surface area contributed by atoms with E-state index in [2.05, 4.69) is 41.5 Å². The topological polar surface area (TPSA) is 53.1 Å². The summed E-state index contributed by atoms with van der Waals surface area (Å²) in [5.41, 5.74) is 5.04. The molecule has 1 saturated heterocycles. The van der Waals surface area contributed by atoms with E-state index in [1.807, 2.05) is 35.0 Å². The third-order valence-electron chi connectivity index (χ3n) is 5.47. The molecule has 3 heterocycles. The predicted octanol–water partition coefficient (Wildman–Crippen LogP) is 3.90. The van der Waals surface area contributed by atoms with Crippen molar-refractivity contribution in [2.75, 3.05) is 13.1 Å². The second kappa shape index (κ2) is 6.90. The van der Waals surface area contributed by atoms with Gasteiger partial charge in [-0.2, -0.15) is 0 Å². The van der Waals surface area contributed by atoms with Gasteiger partial charge in [0.1, 0.15) is 0 Å². The average Bonchev–Trinajstić information content (AvgIpc) is 3.22. The first-order valence-corrected chi connectivity index (χ1v) is 9.32. The molecule has 0 saturated carbocycles. The van der Waals surface area contributed by atoms with E-state index in [4.69, 9.17) is 0 Å². The molecule has 0 bridgehead atoms. The highest BCUT2D eigenvalue weighted by Gasteiger charge is 2.26. The molecule has 26 heavy (non-hydrogen) atoms. The molecular weight excluding hydrogens is 324 g/mol. The van der Waals surface area contributed by atoms with Crippen molar-refractivity contribution in [2.24, 2.45) is 7.05 Å². The molecular formula is C21H26N4O. The largest absolute Gasteiger partial charge is 0.358 e. The van der Waals surface area contributed by atoms with E-state index in [1.54, 1.807) is 0 Å². The molecule has 1 aromatic carbocycles. The third-order valence-corrected chi connectivity index (χ3v) is 5.47. The second-order valence-corrected chi connectivity index (χ2v) is 7.31. The van der Waals surface area contributed by atoms with Crippen molar-refractivity contribution in [3.05, 3.63) is 59.5 Å². The van der Waals surface area contributed by atoms with E-state index in [9.17, 15) is 4.79 Å². The maximum absolute atomic E-state index is 12.5. The van der Waals surface area contributed by atoms with Crippen molar-refractivity contribution < 1.29 is 4.79 Å². The number of carbonyl (C=O) groups excluding carboxylic acids is 1. The van der Waals surface area contributed by atoms with Gasteiger partial charge in [-0.15, -0.1) is 0 Å². The van der Waals surface area contributed by atoms with Gasteiger partial charge >= 0.3 is 6.03 Å². The van der Waals surface area contributed by atoms with Gasteiger partial charge in [0, 0.05) is 55.7 Å². The summed E-state index contributed by atoms with van der Waals surface area (Å²) in [6.45, 7) is 4.36. The molecule has 5 nitrogen and oxygen atoms in total. The number of piperidine rings is 1. The van der Waals surface area contributed by atoms with Gasteiger partial charge in [0.2, 0.25) is 0 Å². The van der Waals surface area contributed by atoms with Gasteiger partial charge in [-0.05, 0) is 48.9 Å². The molecule has 0 unspecified atom stereocenters. The fourth-order valence-corrected chi connectivity index (χ4v) is 4.15. The minimum absolute atomic E-state index is 0.0444. The quantitative estimate of drug-likeness (QED) is 0.739. The van der Waals surface area contributed by atoms with Crippen LogP contribution in [0.15, 0.2) is 42.7 Å². The van der Waals surface area contributed by atoms with E-state index < -0.39 is 0 Å². The zero-order valence-electron chi connectivity index (χ0n) is 15.5. The summed E-state index contributed by atoms with van der Waals surface area (Å²) in [5.74, 6) is 0.518. The standard InChI is InChI=1S/C21H26N4O/c1-15-20(18-5-3-4-6-19(18)23-15)17-8-11-25(12-9-17)21(26)22-13-16-7-10-24(2)14-16/h3-7,10,14,17,23H,8-9,11-13H2,1-2H3,(H,22,26). The number of benzene rings is 1. The molecule has 136 valence electrons. The Balaban J connectivity index is 1.37. The van der Waals surface area contributed by atoms with Crippen molar-refractivity contribution in [3.63, 3.8) is 0 Å². The molecule has 2 aromatic heterocycles. The fraction of sp³-hybridized carbons (Fsp3) is 0.381. The number of nitrogens with one attached hydrogen (secondary N) is 2. The number of rotatable bonds is 3. The summed E-state index contributed by atoms with van der Waals surface area (Å²) in [6, 6.07) is 10.6. The van der Waals surface area contributed by atoms with Crippen LogP contribution in [0, 0.1) is 6.92 Å².